The Hall–Kier alpha value is -2.97. The van der Waals surface area contributed by atoms with Crippen LogP contribution in [0.25, 0.3) is 6.08 Å². The topological polar surface area (TPSA) is 104 Å². The Labute approximate surface area is 182 Å². The first-order chi connectivity index (χ1) is 14.8. The van der Waals surface area contributed by atoms with Crippen molar-refractivity contribution >= 4 is 33.7 Å². The van der Waals surface area contributed by atoms with Gasteiger partial charge in [-0.1, -0.05) is 31.4 Å². The predicted molar refractivity (Wildman–Crippen MR) is 119 cm³/mol. The van der Waals surface area contributed by atoms with E-state index in [1.165, 1.54) is 34.6 Å². The van der Waals surface area contributed by atoms with Crippen LogP contribution in [0.2, 0.25) is 0 Å². The van der Waals surface area contributed by atoms with Crippen LogP contribution in [0.4, 0.5) is 5.69 Å². The Bertz CT molecular complexity index is 1050. The molecule has 2 N–H and O–H groups in total. The molecule has 0 atom stereocenters. The molecule has 2 aromatic rings. The van der Waals surface area contributed by atoms with Crippen LogP contribution in [-0.2, 0) is 14.8 Å². The molecule has 0 aromatic heterocycles. The normalized spacial score (nSPS) is 15.3. The lowest BCUT2D eigenvalue weighted by Gasteiger charge is -2.30. The van der Waals surface area contributed by atoms with Gasteiger partial charge in [-0.3, -0.25) is 4.79 Å². The maximum Gasteiger partial charge on any atom is 0.328 e. The van der Waals surface area contributed by atoms with Gasteiger partial charge in [0, 0.05) is 30.4 Å². The molecule has 8 heteroatoms. The van der Waals surface area contributed by atoms with Crippen LogP contribution < -0.4 is 5.32 Å². The number of sulfonamides is 1. The number of nitrogens with one attached hydrogen (secondary N) is 1. The molecule has 0 saturated heterocycles. The van der Waals surface area contributed by atoms with Crippen molar-refractivity contribution in [2.45, 2.75) is 43.0 Å². The molecule has 7 nitrogen and oxygen atoms in total. The summed E-state index contributed by atoms with van der Waals surface area (Å²) in [6, 6.07) is 12.6. The van der Waals surface area contributed by atoms with E-state index in [0.29, 0.717) is 16.8 Å². The minimum Gasteiger partial charge on any atom is -0.478 e. The summed E-state index contributed by atoms with van der Waals surface area (Å²) in [5, 5.41) is 11.4. The van der Waals surface area contributed by atoms with Crippen LogP contribution >= 0.6 is 0 Å². The SMILES string of the molecule is CN(C1CCCCC1)S(=O)(=O)c1ccc(C(=O)Nc2ccc(C=CC(=O)O)cc2)cc1. The Morgan fingerprint density at radius 2 is 1.61 bits per heavy atom. The smallest absolute Gasteiger partial charge is 0.328 e. The number of hydrogen-bond donors (Lipinski definition) is 2. The number of hydrogen-bond acceptors (Lipinski definition) is 4. The minimum atomic E-state index is -3.60. The third-order valence-electron chi connectivity index (χ3n) is 5.47. The van der Waals surface area contributed by atoms with E-state index in [9.17, 15) is 18.0 Å². The van der Waals surface area contributed by atoms with E-state index in [4.69, 9.17) is 5.11 Å². The van der Waals surface area contributed by atoms with Crippen molar-refractivity contribution in [3.8, 4) is 0 Å². The number of carboxylic acids is 1. The second-order valence-corrected chi connectivity index (χ2v) is 9.58. The quantitative estimate of drug-likeness (QED) is 0.631. The maximum absolute atomic E-state index is 12.9. The summed E-state index contributed by atoms with van der Waals surface area (Å²) < 4.78 is 27.3. The van der Waals surface area contributed by atoms with E-state index in [-0.39, 0.29) is 16.8 Å². The van der Waals surface area contributed by atoms with E-state index >= 15 is 0 Å². The third kappa shape index (κ3) is 5.80. The van der Waals surface area contributed by atoms with E-state index < -0.39 is 16.0 Å². The summed E-state index contributed by atoms with van der Waals surface area (Å²) in [5.74, 6) is -1.40. The molecule has 0 radical (unpaired) electrons. The molecule has 164 valence electrons. The lowest BCUT2D eigenvalue weighted by molar-refractivity contribution is -0.131. The lowest BCUT2D eigenvalue weighted by atomic mass is 9.96. The first-order valence-electron chi connectivity index (χ1n) is 10.2. The average Bonchev–Trinajstić information content (AvgIpc) is 2.78. The molecule has 0 spiro atoms. The molecule has 2 aromatic carbocycles. The Kier molecular flexibility index (Phi) is 7.25. The largest absolute Gasteiger partial charge is 0.478 e. The summed E-state index contributed by atoms with van der Waals surface area (Å²) >= 11 is 0. The molecule has 31 heavy (non-hydrogen) atoms. The van der Waals surface area contributed by atoms with Gasteiger partial charge in [0.25, 0.3) is 5.91 Å². The first kappa shape index (κ1) is 22.7. The number of rotatable bonds is 7. The predicted octanol–water partition coefficient (Wildman–Crippen LogP) is 3.99. The minimum absolute atomic E-state index is 0.0232. The molecule has 1 amide bonds. The van der Waals surface area contributed by atoms with Crippen molar-refractivity contribution in [3.05, 3.63) is 65.7 Å². The Balaban J connectivity index is 1.66. The molecule has 0 bridgehead atoms. The van der Waals surface area contributed by atoms with E-state index in [0.717, 1.165) is 38.2 Å². The fraction of sp³-hybridized carbons (Fsp3) is 0.304. The van der Waals surface area contributed by atoms with Gasteiger partial charge in [0.2, 0.25) is 10.0 Å². The average molecular weight is 443 g/mol. The number of anilines is 1. The van der Waals surface area contributed by atoms with E-state index in [1.807, 2.05) is 0 Å². The summed E-state index contributed by atoms with van der Waals surface area (Å²) in [7, 11) is -1.98. The fourth-order valence-corrected chi connectivity index (χ4v) is 5.05. The van der Waals surface area contributed by atoms with Gasteiger partial charge in [-0.25, -0.2) is 13.2 Å². The molecule has 0 heterocycles. The molecule has 1 aliphatic rings. The van der Waals surface area contributed by atoms with Crippen molar-refractivity contribution in [1.82, 2.24) is 4.31 Å². The van der Waals surface area contributed by atoms with Gasteiger partial charge >= 0.3 is 5.97 Å². The van der Waals surface area contributed by atoms with Crippen molar-refractivity contribution in [2.24, 2.45) is 0 Å². The molecule has 3 rings (SSSR count). The number of carbonyl (C=O) groups excluding carboxylic acids is 1. The lowest BCUT2D eigenvalue weighted by Crippen LogP contribution is -2.38. The van der Waals surface area contributed by atoms with Crippen LogP contribution in [-0.4, -0.2) is 42.8 Å². The summed E-state index contributed by atoms with van der Waals surface area (Å²) in [5.41, 5.74) is 1.58. The third-order valence-corrected chi connectivity index (χ3v) is 7.39. The highest BCUT2D eigenvalue weighted by molar-refractivity contribution is 7.89. The Morgan fingerprint density at radius 1 is 1.00 bits per heavy atom. The highest BCUT2D eigenvalue weighted by Crippen LogP contribution is 2.26. The molecule has 1 aliphatic carbocycles. The summed E-state index contributed by atoms with van der Waals surface area (Å²) in [6.07, 6.45) is 7.48. The highest BCUT2D eigenvalue weighted by Gasteiger charge is 2.29. The van der Waals surface area contributed by atoms with Gasteiger partial charge in [-0.15, -0.1) is 0 Å². The zero-order valence-corrected chi connectivity index (χ0v) is 18.1. The van der Waals surface area contributed by atoms with Gasteiger partial charge < -0.3 is 10.4 Å². The Morgan fingerprint density at radius 3 is 2.19 bits per heavy atom. The highest BCUT2D eigenvalue weighted by atomic mass is 32.2. The van der Waals surface area contributed by atoms with Gasteiger partial charge in [-0.2, -0.15) is 4.31 Å². The standard InChI is InChI=1S/C23H26N2O5S/c1-25(20-5-3-2-4-6-20)31(29,30)21-14-10-18(11-15-21)23(28)24-19-12-7-17(8-13-19)9-16-22(26)27/h7-16,20H,2-6H2,1H3,(H,24,28)(H,26,27). The molecular formula is C23H26N2O5S. The molecular weight excluding hydrogens is 416 g/mol. The maximum atomic E-state index is 12.9. The van der Waals surface area contributed by atoms with Crippen LogP contribution in [0.3, 0.4) is 0 Å². The van der Waals surface area contributed by atoms with E-state index in [2.05, 4.69) is 5.32 Å². The van der Waals surface area contributed by atoms with Gasteiger partial charge in [0.1, 0.15) is 0 Å². The van der Waals surface area contributed by atoms with Crippen LogP contribution in [0.1, 0.15) is 48.0 Å². The fourth-order valence-electron chi connectivity index (χ4n) is 3.63. The number of carbonyl (C=O) groups is 2. The number of nitrogens with zero attached hydrogens (tertiary/aromatic N) is 1. The second kappa shape index (κ2) is 9.89. The van der Waals surface area contributed by atoms with Gasteiger partial charge in [-0.05, 0) is 60.9 Å². The molecule has 1 fully saturated rings. The van der Waals surface area contributed by atoms with Crippen molar-refractivity contribution in [3.63, 3.8) is 0 Å². The number of carboxylic acid groups (broad SMARTS) is 1. The van der Waals surface area contributed by atoms with Crippen LogP contribution in [0.15, 0.2) is 59.5 Å². The van der Waals surface area contributed by atoms with Crippen LogP contribution in [0.5, 0.6) is 0 Å². The number of benzene rings is 2. The van der Waals surface area contributed by atoms with Gasteiger partial charge in [0.05, 0.1) is 4.90 Å². The van der Waals surface area contributed by atoms with Crippen molar-refractivity contribution in [1.29, 1.82) is 0 Å². The van der Waals surface area contributed by atoms with Crippen molar-refractivity contribution in [2.75, 3.05) is 12.4 Å². The molecule has 1 saturated carbocycles. The van der Waals surface area contributed by atoms with Gasteiger partial charge in [0.15, 0.2) is 0 Å². The zero-order valence-electron chi connectivity index (χ0n) is 17.3. The van der Waals surface area contributed by atoms with Crippen LogP contribution in [0, 0.1) is 0 Å². The molecule has 0 unspecified atom stereocenters. The first-order valence-corrected chi connectivity index (χ1v) is 11.6. The second-order valence-electron chi connectivity index (χ2n) is 7.59. The monoisotopic (exact) mass is 442 g/mol. The zero-order chi connectivity index (χ0) is 22.4. The van der Waals surface area contributed by atoms with Crippen molar-refractivity contribution < 1.29 is 23.1 Å². The number of amides is 1. The molecule has 0 aliphatic heterocycles. The number of aliphatic carboxylic acids is 1. The van der Waals surface area contributed by atoms with E-state index in [1.54, 1.807) is 31.3 Å². The summed E-state index contributed by atoms with van der Waals surface area (Å²) in [6.45, 7) is 0. The summed E-state index contributed by atoms with van der Waals surface area (Å²) in [4.78, 5) is 23.2.